The fourth-order valence-electron chi connectivity index (χ4n) is 2.40. The summed E-state index contributed by atoms with van der Waals surface area (Å²) in [6.07, 6.45) is 0.814. The van der Waals surface area contributed by atoms with Crippen LogP contribution in [0.3, 0.4) is 0 Å². The van der Waals surface area contributed by atoms with Crippen molar-refractivity contribution in [1.82, 2.24) is 14.8 Å². The van der Waals surface area contributed by atoms with E-state index in [0.717, 1.165) is 24.7 Å². The van der Waals surface area contributed by atoms with E-state index in [1.807, 2.05) is 16.8 Å². The molecule has 1 N–H and O–H groups in total. The highest BCUT2D eigenvalue weighted by molar-refractivity contribution is 5.33. The lowest BCUT2D eigenvalue weighted by Gasteiger charge is -2.24. The molecule has 4 nitrogen and oxygen atoms in total. The van der Waals surface area contributed by atoms with E-state index in [9.17, 15) is 4.39 Å². The predicted octanol–water partition coefficient (Wildman–Crippen LogP) is 2.95. The summed E-state index contributed by atoms with van der Waals surface area (Å²) < 4.78 is 15.8. The van der Waals surface area contributed by atoms with E-state index >= 15 is 0 Å². The first-order chi connectivity index (χ1) is 9.16. The number of hydrogen-bond acceptors (Lipinski definition) is 3. The van der Waals surface area contributed by atoms with Gasteiger partial charge in [0.15, 0.2) is 5.82 Å². The topological polar surface area (TPSA) is 42.7 Å². The Morgan fingerprint density at radius 2 is 2.16 bits per heavy atom. The largest absolute Gasteiger partial charge is 0.354 e. The second-order valence-corrected chi connectivity index (χ2v) is 5.15. The summed E-state index contributed by atoms with van der Waals surface area (Å²) in [6.45, 7) is 4.90. The van der Waals surface area contributed by atoms with Crippen molar-refractivity contribution in [2.75, 3.05) is 11.9 Å². The van der Waals surface area contributed by atoms with Crippen molar-refractivity contribution in [3.05, 3.63) is 41.5 Å². The van der Waals surface area contributed by atoms with Gasteiger partial charge in [-0.2, -0.15) is 10.1 Å². The van der Waals surface area contributed by atoms with E-state index in [4.69, 9.17) is 0 Å². The Bertz CT molecular complexity index is 591. The van der Waals surface area contributed by atoms with Crippen molar-refractivity contribution in [3.63, 3.8) is 0 Å². The molecule has 0 aliphatic carbocycles. The van der Waals surface area contributed by atoms with Crippen molar-refractivity contribution in [1.29, 1.82) is 0 Å². The van der Waals surface area contributed by atoms with Gasteiger partial charge in [-0.1, -0.05) is 32.0 Å². The lowest BCUT2D eigenvalue weighted by Crippen LogP contribution is -2.25. The van der Waals surface area contributed by atoms with Crippen LogP contribution >= 0.6 is 0 Å². The number of rotatable bonds is 2. The molecule has 0 radical (unpaired) electrons. The molecule has 0 fully saturated rings. The van der Waals surface area contributed by atoms with Gasteiger partial charge in [-0.15, -0.1) is 0 Å². The maximum atomic E-state index is 14.0. The molecule has 1 aromatic carbocycles. The summed E-state index contributed by atoms with van der Waals surface area (Å²) in [4.78, 5) is 4.47. The van der Waals surface area contributed by atoms with Gasteiger partial charge in [-0.25, -0.2) is 9.07 Å². The van der Waals surface area contributed by atoms with Crippen LogP contribution in [0.25, 0.3) is 0 Å². The van der Waals surface area contributed by atoms with Crippen LogP contribution in [0.1, 0.15) is 43.6 Å². The van der Waals surface area contributed by atoms with Crippen LogP contribution in [0.2, 0.25) is 0 Å². The lowest BCUT2D eigenvalue weighted by atomic mass is 10.0. The highest BCUT2D eigenvalue weighted by Crippen LogP contribution is 2.30. The predicted molar refractivity (Wildman–Crippen MR) is 71.8 cm³/mol. The maximum Gasteiger partial charge on any atom is 0.221 e. The molecule has 19 heavy (non-hydrogen) atoms. The van der Waals surface area contributed by atoms with Gasteiger partial charge in [0, 0.05) is 18.0 Å². The fourth-order valence-corrected chi connectivity index (χ4v) is 2.40. The zero-order valence-corrected chi connectivity index (χ0v) is 11.1. The maximum absolute atomic E-state index is 14.0. The molecule has 0 spiro atoms. The number of anilines is 1. The molecule has 1 aliphatic rings. The number of benzene rings is 1. The second kappa shape index (κ2) is 4.64. The smallest absolute Gasteiger partial charge is 0.221 e. The van der Waals surface area contributed by atoms with Gasteiger partial charge < -0.3 is 5.32 Å². The van der Waals surface area contributed by atoms with Gasteiger partial charge in [-0.3, -0.25) is 0 Å². The minimum absolute atomic E-state index is 0.0718. The Morgan fingerprint density at radius 1 is 1.37 bits per heavy atom. The number of nitrogens with one attached hydrogen (secondary N) is 1. The molecule has 0 amide bonds. The van der Waals surface area contributed by atoms with Crippen molar-refractivity contribution in [2.24, 2.45) is 0 Å². The SMILES string of the molecule is CC(C)c1nc2n(n1)C(c1ccccc1F)CCN2. The molecule has 0 saturated carbocycles. The molecule has 0 saturated heterocycles. The third kappa shape index (κ3) is 2.09. The molecule has 2 aromatic rings. The summed E-state index contributed by atoms with van der Waals surface area (Å²) >= 11 is 0. The van der Waals surface area contributed by atoms with Crippen LogP contribution in [0.5, 0.6) is 0 Å². The van der Waals surface area contributed by atoms with Crippen molar-refractivity contribution in [3.8, 4) is 0 Å². The molecular weight excluding hydrogens is 243 g/mol. The molecular formula is C14H17FN4. The number of halogens is 1. The molecule has 0 bridgehead atoms. The Balaban J connectivity index is 2.05. The van der Waals surface area contributed by atoms with Crippen molar-refractivity contribution < 1.29 is 4.39 Å². The van der Waals surface area contributed by atoms with Gasteiger partial charge in [0.1, 0.15) is 5.82 Å². The summed E-state index contributed by atoms with van der Waals surface area (Å²) in [6, 6.07) is 6.82. The van der Waals surface area contributed by atoms with Crippen molar-refractivity contribution >= 4 is 5.95 Å². The van der Waals surface area contributed by atoms with Gasteiger partial charge in [0.2, 0.25) is 5.95 Å². The highest BCUT2D eigenvalue weighted by atomic mass is 19.1. The van der Waals surface area contributed by atoms with Crippen LogP contribution in [0.15, 0.2) is 24.3 Å². The minimum Gasteiger partial charge on any atom is -0.354 e. The number of nitrogens with zero attached hydrogens (tertiary/aromatic N) is 3. The van der Waals surface area contributed by atoms with Crippen LogP contribution in [-0.2, 0) is 0 Å². The standard InChI is InChI=1S/C14H17FN4/c1-9(2)13-17-14-16-8-7-12(19(14)18-13)10-5-3-4-6-11(10)15/h3-6,9,12H,7-8H2,1-2H3,(H,16,17,18). The van der Waals surface area contributed by atoms with E-state index in [-0.39, 0.29) is 17.8 Å². The summed E-state index contributed by atoms with van der Waals surface area (Å²) in [5, 5.41) is 7.75. The fraction of sp³-hybridized carbons (Fsp3) is 0.429. The first kappa shape index (κ1) is 12.1. The highest BCUT2D eigenvalue weighted by Gasteiger charge is 2.26. The quantitative estimate of drug-likeness (QED) is 0.902. The average molecular weight is 260 g/mol. The Labute approximate surface area is 111 Å². The van der Waals surface area contributed by atoms with E-state index in [2.05, 4.69) is 29.2 Å². The molecule has 1 aliphatic heterocycles. The zero-order chi connectivity index (χ0) is 13.4. The number of fused-ring (bicyclic) bond motifs is 1. The zero-order valence-electron chi connectivity index (χ0n) is 11.1. The van der Waals surface area contributed by atoms with Gasteiger partial charge >= 0.3 is 0 Å². The molecule has 3 rings (SSSR count). The first-order valence-electron chi connectivity index (χ1n) is 6.61. The molecule has 1 atom stereocenters. The van der Waals surface area contributed by atoms with Crippen molar-refractivity contribution in [2.45, 2.75) is 32.2 Å². The molecule has 1 unspecified atom stereocenters. The van der Waals surface area contributed by atoms with E-state index < -0.39 is 0 Å². The first-order valence-corrected chi connectivity index (χ1v) is 6.61. The van der Waals surface area contributed by atoms with Gasteiger partial charge in [0.25, 0.3) is 0 Å². The lowest BCUT2D eigenvalue weighted by molar-refractivity contribution is 0.454. The van der Waals surface area contributed by atoms with E-state index in [0.29, 0.717) is 5.56 Å². The Morgan fingerprint density at radius 3 is 2.89 bits per heavy atom. The number of aromatic nitrogens is 3. The van der Waals surface area contributed by atoms with E-state index in [1.165, 1.54) is 6.07 Å². The van der Waals surface area contributed by atoms with Crippen LogP contribution < -0.4 is 5.32 Å². The number of hydrogen-bond donors (Lipinski definition) is 1. The Kier molecular flexibility index (Phi) is 2.97. The minimum atomic E-state index is -0.179. The van der Waals surface area contributed by atoms with E-state index in [1.54, 1.807) is 6.07 Å². The summed E-state index contributed by atoms with van der Waals surface area (Å²) in [7, 11) is 0. The van der Waals surface area contributed by atoms with Crippen LogP contribution in [0.4, 0.5) is 10.3 Å². The van der Waals surface area contributed by atoms with Gasteiger partial charge in [0.05, 0.1) is 6.04 Å². The molecule has 1 aromatic heterocycles. The third-order valence-corrected chi connectivity index (χ3v) is 3.42. The monoisotopic (exact) mass is 260 g/mol. The summed E-state index contributed by atoms with van der Waals surface area (Å²) in [5.41, 5.74) is 0.686. The third-order valence-electron chi connectivity index (χ3n) is 3.42. The molecule has 100 valence electrons. The molecule has 2 heterocycles. The summed E-state index contributed by atoms with van der Waals surface area (Å²) in [5.74, 6) is 1.62. The average Bonchev–Trinajstić information content (AvgIpc) is 2.83. The van der Waals surface area contributed by atoms with Crippen LogP contribution in [-0.4, -0.2) is 21.3 Å². The van der Waals surface area contributed by atoms with Crippen LogP contribution in [0, 0.1) is 5.82 Å². The molecule has 5 heteroatoms. The second-order valence-electron chi connectivity index (χ2n) is 5.15. The Hall–Kier alpha value is -1.91. The van der Waals surface area contributed by atoms with Gasteiger partial charge in [-0.05, 0) is 12.5 Å². The normalized spacial score (nSPS) is 18.2.